The Labute approximate surface area is 115 Å². The van der Waals surface area contributed by atoms with Crippen molar-refractivity contribution in [3.05, 3.63) is 0 Å². The molecule has 0 saturated heterocycles. The summed E-state index contributed by atoms with van der Waals surface area (Å²) < 4.78 is 0. The van der Waals surface area contributed by atoms with Crippen LogP contribution in [0.1, 0.15) is 33.1 Å². The summed E-state index contributed by atoms with van der Waals surface area (Å²) in [6, 6.07) is 0.0281. The number of amides is 1. The van der Waals surface area contributed by atoms with Gasteiger partial charge in [0.1, 0.15) is 0 Å². The molecule has 0 spiro atoms. The predicted molar refractivity (Wildman–Crippen MR) is 78.7 cm³/mol. The number of nitrogens with zero attached hydrogens (tertiary/aromatic N) is 1. The van der Waals surface area contributed by atoms with E-state index in [9.17, 15) is 4.79 Å². The third kappa shape index (κ3) is 10.3. The van der Waals surface area contributed by atoms with E-state index in [2.05, 4.69) is 15.6 Å². The van der Waals surface area contributed by atoms with E-state index in [0.29, 0.717) is 26.1 Å². The molecule has 1 amide bonds. The molecule has 0 aliphatic rings. The molecule has 0 aliphatic carbocycles. The molecule has 0 fully saturated rings. The van der Waals surface area contributed by atoms with Crippen LogP contribution >= 0.6 is 0 Å². The van der Waals surface area contributed by atoms with Crippen LogP contribution in [0.4, 0.5) is 0 Å². The second-order valence-electron chi connectivity index (χ2n) is 4.76. The lowest BCUT2D eigenvalue weighted by atomic mass is 10.1. The van der Waals surface area contributed by atoms with Gasteiger partial charge >= 0.3 is 0 Å². The summed E-state index contributed by atoms with van der Waals surface area (Å²) in [5.41, 5.74) is 15.9. The Balaban J connectivity index is 4.13. The van der Waals surface area contributed by atoms with Crippen LogP contribution in [0.3, 0.4) is 0 Å². The summed E-state index contributed by atoms with van der Waals surface area (Å²) in [7, 11) is 0. The highest BCUT2D eigenvalue weighted by molar-refractivity contribution is 5.81. The lowest BCUT2D eigenvalue weighted by molar-refractivity contribution is -0.123. The third-order valence-electron chi connectivity index (χ3n) is 2.48. The summed E-state index contributed by atoms with van der Waals surface area (Å²) in [6.45, 7) is 5.74. The molecule has 112 valence electrons. The average Bonchev–Trinajstić information content (AvgIpc) is 2.32. The Hall–Kier alpha value is -1.34. The van der Waals surface area contributed by atoms with Gasteiger partial charge in [0.25, 0.3) is 0 Å². The monoisotopic (exact) mass is 272 g/mol. The Kier molecular flexibility index (Phi) is 9.82. The van der Waals surface area contributed by atoms with Crippen molar-refractivity contribution in [3.8, 4) is 0 Å². The van der Waals surface area contributed by atoms with Gasteiger partial charge in [-0.1, -0.05) is 13.8 Å². The second kappa shape index (κ2) is 10.6. The maximum absolute atomic E-state index is 12.0. The minimum absolute atomic E-state index is 0.00634. The standard InChI is InChI=1S/C12H28N6O/c1-9(2)18-10(5-3-7-17-12(14)15)11(19)16-8-4-6-13/h9-10,18H,3-8,13H2,1-2H3,(H,16,19)(H4,14,15,17). The molecule has 8 N–H and O–H groups in total. The molecule has 0 aromatic rings. The fraction of sp³-hybridized carbons (Fsp3) is 0.833. The number of aliphatic imine (C=N–C) groups is 1. The summed E-state index contributed by atoms with van der Waals surface area (Å²) in [4.78, 5) is 15.9. The van der Waals surface area contributed by atoms with Crippen LogP contribution in [-0.2, 0) is 4.79 Å². The Morgan fingerprint density at radius 3 is 2.47 bits per heavy atom. The average molecular weight is 272 g/mol. The minimum Gasteiger partial charge on any atom is -0.370 e. The number of nitrogens with one attached hydrogen (secondary N) is 2. The zero-order chi connectivity index (χ0) is 14.7. The van der Waals surface area contributed by atoms with Crippen LogP contribution in [0.2, 0.25) is 0 Å². The lowest BCUT2D eigenvalue weighted by Crippen LogP contribution is -2.47. The maximum Gasteiger partial charge on any atom is 0.237 e. The number of guanidine groups is 1. The van der Waals surface area contributed by atoms with E-state index in [1.54, 1.807) is 0 Å². The van der Waals surface area contributed by atoms with E-state index in [-0.39, 0.29) is 24.0 Å². The molecule has 0 aromatic heterocycles. The smallest absolute Gasteiger partial charge is 0.237 e. The second-order valence-corrected chi connectivity index (χ2v) is 4.76. The van der Waals surface area contributed by atoms with Crippen molar-refractivity contribution in [2.24, 2.45) is 22.2 Å². The van der Waals surface area contributed by atoms with E-state index in [1.165, 1.54) is 0 Å². The van der Waals surface area contributed by atoms with Crippen LogP contribution in [0.25, 0.3) is 0 Å². The highest BCUT2D eigenvalue weighted by atomic mass is 16.2. The molecule has 19 heavy (non-hydrogen) atoms. The normalized spacial score (nSPS) is 12.2. The molecule has 0 radical (unpaired) electrons. The first-order valence-electron chi connectivity index (χ1n) is 6.76. The molecule has 0 aromatic carbocycles. The van der Waals surface area contributed by atoms with Crippen LogP contribution in [0, 0.1) is 0 Å². The number of carbonyl (C=O) groups excluding carboxylic acids is 1. The quantitative estimate of drug-likeness (QED) is 0.195. The Bertz CT molecular complexity index is 275. The van der Waals surface area contributed by atoms with Gasteiger partial charge < -0.3 is 27.8 Å². The number of rotatable bonds is 10. The highest BCUT2D eigenvalue weighted by Crippen LogP contribution is 2.00. The number of carbonyl (C=O) groups is 1. The van der Waals surface area contributed by atoms with Gasteiger partial charge in [-0.15, -0.1) is 0 Å². The molecular weight excluding hydrogens is 244 g/mol. The summed E-state index contributed by atoms with van der Waals surface area (Å²) >= 11 is 0. The van der Waals surface area contributed by atoms with Gasteiger partial charge in [0.05, 0.1) is 6.04 Å². The van der Waals surface area contributed by atoms with Gasteiger partial charge in [-0.3, -0.25) is 9.79 Å². The van der Waals surface area contributed by atoms with Crippen molar-refractivity contribution in [2.45, 2.75) is 45.2 Å². The first kappa shape index (κ1) is 17.7. The molecule has 7 nitrogen and oxygen atoms in total. The van der Waals surface area contributed by atoms with Crippen LogP contribution < -0.4 is 27.8 Å². The SMILES string of the molecule is CC(C)NC(CCCN=C(N)N)C(=O)NCCCN. The lowest BCUT2D eigenvalue weighted by Gasteiger charge is -2.20. The summed E-state index contributed by atoms with van der Waals surface area (Å²) in [5.74, 6) is 0.0904. The fourth-order valence-electron chi connectivity index (χ4n) is 1.63. The van der Waals surface area contributed by atoms with E-state index in [4.69, 9.17) is 17.2 Å². The van der Waals surface area contributed by atoms with Crippen molar-refractivity contribution >= 4 is 11.9 Å². The van der Waals surface area contributed by atoms with Gasteiger partial charge in [0, 0.05) is 19.1 Å². The molecule has 0 bridgehead atoms. The largest absolute Gasteiger partial charge is 0.370 e. The van der Waals surface area contributed by atoms with Crippen molar-refractivity contribution in [2.75, 3.05) is 19.6 Å². The summed E-state index contributed by atoms with van der Waals surface area (Å²) in [5, 5.41) is 6.11. The molecule has 1 unspecified atom stereocenters. The molecular formula is C12H28N6O. The molecule has 0 heterocycles. The highest BCUT2D eigenvalue weighted by Gasteiger charge is 2.17. The van der Waals surface area contributed by atoms with Crippen molar-refractivity contribution in [3.63, 3.8) is 0 Å². The van der Waals surface area contributed by atoms with Crippen molar-refractivity contribution in [1.82, 2.24) is 10.6 Å². The van der Waals surface area contributed by atoms with Gasteiger partial charge in [-0.25, -0.2) is 0 Å². The number of hydrogen-bond donors (Lipinski definition) is 5. The van der Waals surface area contributed by atoms with Crippen LogP contribution in [0.5, 0.6) is 0 Å². The van der Waals surface area contributed by atoms with E-state index in [0.717, 1.165) is 12.8 Å². The number of hydrogen-bond acceptors (Lipinski definition) is 4. The molecule has 0 saturated carbocycles. The maximum atomic E-state index is 12.0. The molecule has 0 aliphatic heterocycles. The Morgan fingerprint density at radius 1 is 1.26 bits per heavy atom. The first-order chi connectivity index (χ1) is 8.97. The van der Waals surface area contributed by atoms with E-state index >= 15 is 0 Å². The molecule has 1 atom stereocenters. The van der Waals surface area contributed by atoms with Crippen LogP contribution in [0.15, 0.2) is 4.99 Å². The fourth-order valence-corrected chi connectivity index (χ4v) is 1.63. The zero-order valence-corrected chi connectivity index (χ0v) is 12.0. The topological polar surface area (TPSA) is 132 Å². The van der Waals surface area contributed by atoms with E-state index < -0.39 is 0 Å². The zero-order valence-electron chi connectivity index (χ0n) is 12.0. The van der Waals surface area contributed by atoms with Gasteiger partial charge in [-0.05, 0) is 25.8 Å². The third-order valence-corrected chi connectivity index (χ3v) is 2.48. The Morgan fingerprint density at radius 2 is 1.95 bits per heavy atom. The van der Waals surface area contributed by atoms with Crippen molar-refractivity contribution < 1.29 is 4.79 Å². The van der Waals surface area contributed by atoms with Gasteiger partial charge in [0.15, 0.2) is 5.96 Å². The van der Waals surface area contributed by atoms with Gasteiger partial charge in [-0.2, -0.15) is 0 Å². The van der Waals surface area contributed by atoms with E-state index in [1.807, 2.05) is 13.8 Å². The predicted octanol–water partition coefficient (Wildman–Crippen LogP) is -1.13. The van der Waals surface area contributed by atoms with Crippen LogP contribution in [-0.4, -0.2) is 43.6 Å². The summed E-state index contributed by atoms with van der Waals surface area (Å²) in [6.07, 6.45) is 2.24. The minimum atomic E-state index is -0.216. The molecule has 7 heteroatoms. The molecule has 0 rings (SSSR count). The van der Waals surface area contributed by atoms with Gasteiger partial charge in [0.2, 0.25) is 5.91 Å². The van der Waals surface area contributed by atoms with Crippen molar-refractivity contribution in [1.29, 1.82) is 0 Å². The first-order valence-corrected chi connectivity index (χ1v) is 6.76. The number of nitrogens with two attached hydrogens (primary N) is 3.